The lowest BCUT2D eigenvalue weighted by Gasteiger charge is -2.11. The average molecular weight is 820 g/mol. The van der Waals surface area contributed by atoms with E-state index >= 15 is 0 Å². The molecule has 0 saturated carbocycles. The number of furan rings is 1. The van der Waals surface area contributed by atoms with Crippen LogP contribution in [0.4, 0.5) is 0 Å². The highest BCUT2D eigenvalue weighted by Gasteiger charge is 2.21. The van der Waals surface area contributed by atoms with E-state index in [9.17, 15) is 0 Å². The molecule has 6 nitrogen and oxygen atoms in total. The van der Waals surface area contributed by atoms with Crippen molar-refractivity contribution in [1.82, 2.24) is 24.1 Å². The van der Waals surface area contributed by atoms with Crippen molar-refractivity contribution in [3.05, 3.63) is 212 Å². The summed E-state index contributed by atoms with van der Waals surface area (Å²) in [4.78, 5) is 15.2. The van der Waals surface area contributed by atoms with Gasteiger partial charge in [-0.15, -0.1) is 0 Å². The van der Waals surface area contributed by atoms with E-state index in [1.54, 1.807) is 0 Å². The number of aryl methyl sites for hydroxylation is 1. The second-order valence-electron chi connectivity index (χ2n) is 16.5. The molecule has 6 heteroatoms. The van der Waals surface area contributed by atoms with Crippen molar-refractivity contribution in [1.29, 1.82) is 0 Å². The minimum Gasteiger partial charge on any atom is -0.456 e. The molecule has 0 spiro atoms. The average Bonchev–Trinajstić information content (AvgIpc) is 4.01. The van der Waals surface area contributed by atoms with Gasteiger partial charge in [0.05, 0.1) is 22.1 Å². The highest BCUT2D eigenvalue weighted by molar-refractivity contribution is 6.16. The van der Waals surface area contributed by atoms with Crippen LogP contribution in [0.5, 0.6) is 0 Å². The number of hydrogen-bond donors (Lipinski definition) is 0. The van der Waals surface area contributed by atoms with Gasteiger partial charge in [0.1, 0.15) is 11.2 Å². The van der Waals surface area contributed by atoms with Gasteiger partial charge in [0.15, 0.2) is 11.6 Å². The molecule has 0 bridgehead atoms. The molecule has 13 rings (SSSR count). The summed E-state index contributed by atoms with van der Waals surface area (Å²) >= 11 is 0. The first kappa shape index (κ1) is 36.1. The summed E-state index contributed by atoms with van der Waals surface area (Å²) in [6, 6.07) is 72.7. The molecule has 0 saturated heterocycles. The van der Waals surface area contributed by atoms with Gasteiger partial charge in [-0.1, -0.05) is 140 Å². The van der Waals surface area contributed by atoms with Crippen molar-refractivity contribution in [2.75, 3.05) is 0 Å². The quantitative estimate of drug-likeness (QED) is 0.168. The third-order valence-corrected chi connectivity index (χ3v) is 12.6. The maximum atomic E-state index is 6.64. The topological polar surface area (TPSA) is 61.7 Å². The molecule has 64 heavy (non-hydrogen) atoms. The maximum absolute atomic E-state index is 6.64. The van der Waals surface area contributed by atoms with Gasteiger partial charge in [0.2, 0.25) is 5.95 Å². The fraction of sp³-hybridized carbons (Fsp3) is 0.0172. The monoisotopic (exact) mass is 819 g/mol. The van der Waals surface area contributed by atoms with Gasteiger partial charge < -0.3 is 8.98 Å². The lowest BCUT2D eigenvalue weighted by Crippen LogP contribution is -2.06. The van der Waals surface area contributed by atoms with Crippen LogP contribution in [0, 0.1) is 6.92 Å². The van der Waals surface area contributed by atoms with Crippen LogP contribution in [0.15, 0.2) is 211 Å². The number of nitrogens with zero attached hydrogens (tertiary/aromatic N) is 5. The van der Waals surface area contributed by atoms with E-state index in [-0.39, 0.29) is 0 Å². The van der Waals surface area contributed by atoms with Crippen molar-refractivity contribution in [3.63, 3.8) is 0 Å². The van der Waals surface area contributed by atoms with Crippen molar-refractivity contribution >= 4 is 65.6 Å². The van der Waals surface area contributed by atoms with Crippen LogP contribution in [0.1, 0.15) is 5.56 Å². The Bertz CT molecular complexity index is 3900. The van der Waals surface area contributed by atoms with Crippen molar-refractivity contribution in [2.24, 2.45) is 0 Å². The molecule has 0 aliphatic carbocycles. The van der Waals surface area contributed by atoms with Gasteiger partial charge in [-0.3, -0.25) is 4.57 Å². The molecule has 0 unspecified atom stereocenters. The molecule has 0 N–H and O–H groups in total. The van der Waals surface area contributed by atoms with Crippen molar-refractivity contribution in [2.45, 2.75) is 6.92 Å². The lowest BCUT2D eigenvalue weighted by atomic mass is 9.95. The lowest BCUT2D eigenvalue weighted by molar-refractivity contribution is 0.668. The largest absolute Gasteiger partial charge is 0.456 e. The smallest absolute Gasteiger partial charge is 0.238 e. The Morgan fingerprint density at radius 1 is 0.359 bits per heavy atom. The van der Waals surface area contributed by atoms with Gasteiger partial charge in [0, 0.05) is 49.1 Å². The Morgan fingerprint density at radius 2 is 0.859 bits per heavy atom. The summed E-state index contributed by atoms with van der Waals surface area (Å²) < 4.78 is 11.2. The van der Waals surface area contributed by atoms with E-state index in [1.807, 2.05) is 60.7 Å². The molecule has 4 aromatic heterocycles. The molecule has 9 aromatic carbocycles. The summed E-state index contributed by atoms with van der Waals surface area (Å²) in [5, 5.41) is 6.89. The van der Waals surface area contributed by atoms with Crippen LogP contribution in [-0.2, 0) is 0 Å². The van der Waals surface area contributed by atoms with Crippen molar-refractivity contribution in [3.8, 4) is 56.7 Å². The van der Waals surface area contributed by atoms with E-state index in [1.165, 1.54) is 21.8 Å². The Labute approximate surface area is 368 Å². The first-order valence-electron chi connectivity index (χ1n) is 21.6. The SMILES string of the molecule is Cc1cc(-c2ccc3c(c2)c2ccccc2n3-c2ccccc2)c2c(c1)oc1ccc(-c3ccc4c(c3)c3ccccc3n4-c3nc(-c4ccccc4)nc(-c4ccccc4)n3)cc12. The van der Waals surface area contributed by atoms with Gasteiger partial charge >= 0.3 is 0 Å². The van der Waals surface area contributed by atoms with Crippen LogP contribution in [-0.4, -0.2) is 24.1 Å². The molecule has 13 aromatic rings. The number of hydrogen-bond acceptors (Lipinski definition) is 4. The number of benzene rings is 9. The van der Waals surface area contributed by atoms with Crippen LogP contribution < -0.4 is 0 Å². The molecule has 0 radical (unpaired) electrons. The standard InChI is InChI=1S/C58H37N5O/c1-36-31-45(41-26-29-51-47(35-41)43-21-11-13-23-49(43)62(51)42-19-9-4-10-20-42)55-48-34-40(27-30-53(48)64-54(55)32-36)39-25-28-52-46(33-39)44-22-12-14-24-50(44)63(52)58-60-56(37-15-5-2-6-16-37)59-57(61-58)38-17-7-3-8-18-38/h2-35H,1H3. The van der Waals surface area contributed by atoms with E-state index in [0.29, 0.717) is 17.6 Å². The molecule has 0 aliphatic heterocycles. The molecule has 0 fully saturated rings. The predicted molar refractivity (Wildman–Crippen MR) is 262 cm³/mol. The fourth-order valence-corrected chi connectivity index (χ4v) is 9.71. The Balaban J connectivity index is 0.971. The second kappa shape index (κ2) is 14.2. The summed E-state index contributed by atoms with van der Waals surface area (Å²) in [5.41, 5.74) is 14.9. The van der Waals surface area contributed by atoms with E-state index in [4.69, 9.17) is 19.4 Å². The first-order chi connectivity index (χ1) is 31.6. The highest BCUT2D eigenvalue weighted by Crippen LogP contribution is 2.43. The fourth-order valence-electron chi connectivity index (χ4n) is 9.71. The van der Waals surface area contributed by atoms with Gasteiger partial charge in [-0.2, -0.15) is 9.97 Å². The first-order valence-corrected chi connectivity index (χ1v) is 21.6. The molecular formula is C58H37N5O. The maximum Gasteiger partial charge on any atom is 0.238 e. The van der Waals surface area contributed by atoms with Crippen LogP contribution in [0.3, 0.4) is 0 Å². The number of aromatic nitrogens is 5. The Morgan fingerprint density at radius 3 is 1.52 bits per heavy atom. The molecule has 0 amide bonds. The summed E-state index contributed by atoms with van der Waals surface area (Å²) in [7, 11) is 0. The second-order valence-corrected chi connectivity index (χ2v) is 16.5. The zero-order valence-electron chi connectivity index (χ0n) is 34.8. The number of fused-ring (bicyclic) bond motifs is 9. The van der Waals surface area contributed by atoms with Crippen LogP contribution in [0.2, 0.25) is 0 Å². The summed E-state index contributed by atoms with van der Waals surface area (Å²) in [5.74, 6) is 1.82. The van der Waals surface area contributed by atoms with Gasteiger partial charge in [-0.25, -0.2) is 4.98 Å². The molecule has 4 heterocycles. The molecular weight excluding hydrogens is 783 g/mol. The van der Waals surface area contributed by atoms with Gasteiger partial charge in [-0.05, 0) is 101 Å². The normalized spacial score (nSPS) is 11.8. The van der Waals surface area contributed by atoms with Crippen molar-refractivity contribution < 1.29 is 4.42 Å². The predicted octanol–water partition coefficient (Wildman–Crippen LogP) is 14.9. The summed E-state index contributed by atoms with van der Waals surface area (Å²) in [6.45, 7) is 2.15. The summed E-state index contributed by atoms with van der Waals surface area (Å²) in [6.07, 6.45) is 0. The number of rotatable bonds is 6. The third-order valence-electron chi connectivity index (χ3n) is 12.6. The highest BCUT2D eigenvalue weighted by atomic mass is 16.3. The van der Waals surface area contributed by atoms with E-state index < -0.39 is 0 Å². The minimum atomic E-state index is 0.573. The molecule has 300 valence electrons. The third kappa shape index (κ3) is 5.70. The van der Waals surface area contributed by atoms with Crippen LogP contribution in [0.25, 0.3) is 122 Å². The number of para-hydroxylation sites is 3. The Hall–Kier alpha value is -8.61. The zero-order valence-corrected chi connectivity index (χ0v) is 34.8. The molecule has 0 atom stereocenters. The minimum absolute atomic E-state index is 0.573. The Kier molecular flexibility index (Phi) is 8.02. The van der Waals surface area contributed by atoms with Gasteiger partial charge in [0.25, 0.3) is 0 Å². The van der Waals surface area contributed by atoms with E-state index in [2.05, 4.69) is 162 Å². The zero-order chi connectivity index (χ0) is 42.3. The van der Waals surface area contributed by atoms with Crippen LogP contribution >= 0.6 is 0 Å². The molecule has 0 aliphatic rings. The van der Waals surface area contributed by atoms with E-state index in [0.717, 1.165) is 88.4 Å².